The molecule has 0 heterocycles. The van der Waals surface area contributed by atoms with Crippen LogP contribution in [0.1, 0.15) is 25.7 Å². The van der Waals surface area contributed by atoms with Gasteiger partial charge in [0.15, 0.2) is 0 Å². The van der Waals surface area contributed by atoms with Crippen LogP contribution in [0.3, 0.4) is 0 Å². The molecule has 0 aromatic carbocycles. The van der Waals surface area contributed by atoms with Gasteiger partial charge in [-0.15, -0.1) is 0 Å². The van der Waals surface area contributed by atoms with Gasteiger partial charge >= 0.3 is 0 Å². The van der Waals surface area contributed by atoms with Gasteiger partial charge < -0.3 is 20.9 Å². The summed E-state index contributed by atoms with van der Waals surface area (Å²) in [7, 11) is 0. The van der Waals surface area contributed by atoms with E-state index in [0.717, 1.165) is 25.7 Å². The highest BCUT2D eigenvalue weighted by atomic mass is 16.5. The molecule has 0 amide bonds. The Kier molecular flexibility index (Phi) is 6.10. The van der Waals surface area contributed by atoms with E-state index in [2.05, 4.69) is 0 Å². The quantitative estimate of drug-likeness (QED) is 0.647. The molecule has 14 heavy (non-hydrogen) atoms. The molecule has 0 saturated heterocycles. The first-order chi connectivity index (χ1) is 6.86. The summed E-state index contributed by atoms with van der Waals surface area (Å²) in [5, 5.41) is 0. The summed E-state index contributed by atoms with van der Waals surface area (Å²) in [6.07, 6.45) is 5.17. The minimum Gasteiger partial charge on any atom is -0.377 e. The number of nitrogens with two attached hydrogens (primary N) is 2. The van der Waals surface area contributed by atoms with Gasteiger partial charge in [0.05, 0.1) is 25.4 Å². The molecule has 0 spiro atoms. The van der Waals surface area contributed by atoms with Crippen molar-refractivity contribution < 1.29 is 9.47 Å². The predicted molar refractivity (Wildman–Crippen MR) is 56.1 cm³/mol. The highest BCUT2D eigenvalue weighted by Crippen LogP contribution is 2.23. The summed E-state index contributed by atoms with van der Waals surface area (Å²) in [6.45, 7) is 2.59. The first-order valence-corrected chi connectivity index (χ1v) is 5.50. The lowest BCUT2D eigenvalue weighted by atomic mass is 9.95. The second-order valence-electron chi connectivity index (χ2n) is 3.72. The normalized spacial score (nSPS) is 27.9. The van der Waals surface area contributed by atoms with Gasteiger partial charge in [-0.2, -0.15) is 0 Å². The van der Waals surface area contributed by atoms with E-state index in [1.54, 1.807) is 0 Å². The summed E-state index contributed by atoms with van der Waals surface area (Å²) in [4.78, 5) is 0. The van der Waals surface area contributed by atoms with Crippen LogP contribution in [0.5, 0.6) is 0 Å². The van der Waals surface area contributed by atoms with Crippen LogP contribution < -0.4 is 11.5 Å². The van der Waals surface area contributed by atoms with Crippen molar-refractivity contribution in [3.63, 3.8) is 0 Å². The molecule has 4 nitrogen and oxygen atoms in total. The second kappa shape index (κ2) is 7.17. The van der Waals surface area contributed by atoms with E-state index >= 15 is 0 Å². The minimum absolute atomic E-state index is 0.399. The van der Waals surface area contributed by atoms with Crippen molar-refractivity contribution in [3.05, 3.63) is 0 Å². The molecule has 0 aliphatic heterocycles. The third kappa shape index (κ3) is 4.37. The van der Waals surface area contributed by atoms with Crippen LogP contribution in [0.15, 0.2) is 0 Å². The fourth-order valence-electron chi connectivity index (χ4n) is 1.83. The number of ether oxygens (including phenoxy) is 2. The number of hydrogen-bond donors (Lipinski definition) is 2. The van der Waals surface area contributed by atoms with E-state index in [4.69, 9.17) is 20.9 Å². The maximum absolute atomic E-state index is 5.58. The van der Waals surface area contributed by atoms with E-state index in [9.17, 15) is 0 Å². The Morgan fingerprint density at radius 2 is 1.14 bits per heavy atom. The molecule has 0 aromatic rings. The van der Waals surface area contributed by atoms with Crippen molar-refractivity contribution in [1.82, 2.24) is 0 Å². The van der Waals surface area contributed by atoms with Crippen LogP contribution in [-0.2, 0) is 9.47 Å². The van der Waals surface area contributed by atoms with Gasteiger partial charge in [-0.3, -0.25) is 0 Å². The van der Waals surface area contributed by atoms with E-state index in [-0.39, 0.29) is 0 Å². The predicted octanol–water partition coefficient (Wildman–Crippen LogP) is 0.248. The van der Waals surface area contributed by atoms with Crippen LogP contribution in [0.4, 0.5) is 0 Å². The van der Waals surface area contributed by atoms with Crippen molar-refractivity contribution in [1.29, 1.82) is 0 Å². The molecule has 0 unspecified atom stereocenters. The zero-order chi connectivity index (χ0) is 10.2. The number of rotatable bonds is 6. The molecular weight excluding hydrogens is 180 g/mol. The van der Waals surface area contributed by atoms with E-state index in [0.29, 0.717) is 38.5 Å². The van der Waals surface area contributed by atoms with Gasteiger partial charge in [0.1, 0.15) is 0 Å². The highest BCUT2D eigenvalue weighted by molar-refractivity contribution is 4.73. The van der Waals surface area contributed by atoms with Gasteiger partial charge in [0.2, 0.25) is 0 Å². The Hall–Kier alpha value is -0.160. The first kappa shape index (κ1) is 11.9. The van der Waals surface area contributed by atoms with Crippen molar-refractivity contribution in [2.75, 3.05) is 26.3 Å². The maximum Gasteiger partial charge on any atom is 0.0592 e. The molecule has 84 valence electrons. The number of hydrogen-bond acceptors (Lipinski definition) is 4. The van der Waals surface area contributed by atoms with Crippen molar-refractivity contribution >= 4 is 0 Å². The zero-order valence-corrected chi connectivity index (χ0v) is 8.78. The van der Waals surface area contributed by atoms with Crippen LogP contribution in [-0.4, -0.2) is 38.5 Å². The third-order valence-electron chi connectivity index (χ3n) is 2.56. The fourth-order valence-corrected chi connectivity index (χ4v) is 1.83. The smallest absolute Gasteiger partial charge is 0.0592 e. The average molecular weight is 202 g/mol. The lowest BCUT2D eigenvalue weighted by molar-refractivity contribution is -0.0271. The summed E-state index contributed by atoms with van der Waals surface area (Å²) in [5.41, 5.74) is 10.8. The molecule has 0 radical (unpaired) electrons. The Balaban J connectivity index is 2.05. The fraction of sp³-hybridized carbons (Fsp3) is 1.00. The Morgan fingerprint density at radius 1 is 0.786 bits per heavy atom. The van der Waals surface area contributed by atoms with Crippen LogP contribution >= 0.6 is 0 Å². The Bertz CT molecular complexity index is 120. The van der Waals surface area contributed by atoms with Gasteiger partial charge in [-0.05, 0) is 25.7 Å². The molecule has 1 fully saturated rings. The molecule has 0 atom stereocenters. The zero-order valence-electron chi connectivity index (χ0n) is 8.78. The van der Waals surface area contributed by atoms with Gasteiger partial charge in [0.25, 0.3) is 0 Å². The van der Waals surface area contributed by atoms with Crippen molar-refractivity contribution in [2.45, 2.75) is 37.9 Å². The Labute approximate surface area is 85.9 Å². The van der Waals surface area contributed by atoms with Crippen LogP contribution in [0.25, 0.3) is 0 Å². The van der Waals surface area contributed by atoms with E-state index < -0.39 is 0 Å². The Morgan fingerprint density at radius 3 is 1.43 bits per heavy atom. The largest absolute Gasteiger partial charge is 0.377 e. The van der Waals surface area contributed by atoms with Crippen LogP contribution in [0, 0.1) is 0 Å². The van der Waals surface area contributed by atoms with Crippen molar-refractivity contribution in [3.8, 4) is 0 Å². The molecule has 1 rings (SSSR count). The van der Waals surface area contributed by atoms with Gasteiger partial charge in [-0.25, -0.2) is 0 Å². The molecule has 1 saturated carbocycles. The summed E-state index contributed by atoms with van der Waals surface area (Å²) < 4.78 is 11.2. The van der Waals surface area contributed by atoms with Crippen molar-refractivity contribution in [2.24, 2.45) is 11.5 Å². The lowest BCUT2D eigenvalue weighted by Crippen LogP contribution is -2.29. The first-order valence-electron chi connectivity index (χ1n) is 5.50. The molecule has 0 bridgehead atoms. The SMILES string of the molecule is NCCOC1CCC(OCCN)CC1. The second-order valence-corrected chi connectivity index (χ2v) is 3.72. The molecule has 1 aliphatic carbocycles. The minimum atomic E-state index is 0.399. The summed E-state index contributed by atoms with van der Waals surface area (Å²) >= 11 is 0. The van der Waals surface area contributed by atoms with Gasteiger partial charge in [0, 0.05) is 13.1 Å². The van der Waals surface area contributed by atoms with E-state index in [1.807, 2.05) is 0 Å². The highest BCUT2D eigenvalue weighted by Gasteiger charge is 2.21. The lowest BCUT2D eigenvalue weighted by Gasteiger charge is -2.28. The third-order valence-corrected chi connectivity index (χ3v) is 2.56. The standard InChI is InChI=1S/C10H22N2O2/c11-5-7-13-9-1-2-10(4-3-9)14-8-6-12/h9-10H,1-8,11-12H2. The molecule has 1 aliphatic rings. The average Bonchev–Trinajstić information content (AvgIpc) is 2.25. The summed E-state index contributed by atoms with van der Waals surface area (Å²) in [5.74, 6) is 0. The van der Waals surface area contributed by atoms with Gasteiger partial charge in [-0.1, -0.05) is 0 Å². The topological polar surface area (TPSA) is 70.5 Å². The molecule has 0 aromatic heterocycles. The van der Waals surface area contributed by atoms with E-state index in [1.165, 1.54) is 0 Å². The maximum atomic E-state index is 5.58. The molecule has 4 heteroatoms. The molecular formula is C10H22N2O2. The van der Waals surface area contributed by atoms with Crippen LogP contribution in [0.2, 0.25) is 0 Å². The monoisotopic (exact) mass is 202 g/mol. The summed E-state index contributed by atoms with van der Waals surface area (Å²) in [6, 6.07) is 0. The molecule has 4 N–H and O–H groups in total.